The number of hydrogen-bond acceptors (Lipinski definition) is 5. The molecule has 0 saturated carbocycles. The van der Waals surface area contributed by atoms with Gasteiger partial charge in [-0.2, -0.15) is 0 Å². The van der Waals surface area contributed by atoms with Gasteiger partial charge in [-0.05, 0) is 25.5 Å². The highest BCUT2D eigenvalue weighted by molar-refractivity contribution is 7.89. The highest BCUT2D eigenvalue weighted by Gasteiger charge is 2.16. The molecule has 0 bridgehead atoms. The maximum atomic E-state index is 11.8. The number of ether oxygens (including phenoxy) is 1. The predicted octanol–water partition coefficient (Wildman–Crippen LogP) is 0.277. The summed E-state index contributed by atoms with van der Waals surface area (Å²) in [6.07, 6.45) is 1.14. The second kappa shape index (κ2) is 6.79. The van der Waals surface area contributed by atoms with Crippen LogP contribution < -0.4 is 4.72 Å². The maximum absolute atomic E-state index is 11.8. The highest BCUT2D eigenvalue weighted by Crippen LogP contribution is 2.06. The molecule has 0 aromatic carbocycles. The minimum absolute atomic E-state index is 0.0663. The van der Waals surface area contributed by atoms with Gasteiger partial charge >= 0.3 is 0 Å². The Kier molecular flexibility index (Phi) is 5.67. The minimum atomic E-state index is -3.62. The number of aromatic nitrogens is 1. The van der Waals surface area contributed by atoms with Gasteiger partial charge in [0, 0.05) is 19.3 Å². The molecule has 18 heavy (non-hydrogen) atoms. The Labute approximate surface area is 107 Å². The van der Waals surface area contributed by atoms with Crippen molar-refractivity contribution in [2.75, 3.05) is 13.2 Å². The first kappa shape index (κ1) is 15.0. The number of nitrogens with zero attached hydrogens (tertiary/aromatic N) is 1. The molecule has 1 atom stereocenters. The van der Waals surface area contributed by atoms with Crippen LogP contribution in [0.4, 0.5) is 0 Å². The molecule has 1 heterocycles. The summed E-state index contributed by atoms with van der Waals surface area (Å²) in [4.78, 5) is 3.79. The summed E-state index contributed by atoms with van der Waals surface area (Å²) in [5.41, 5.74) is 0.566. The van der Waals surface area contributed by atoms with Crippen molar-refractivity contribution in [3.8, 4) is 0 Å². The SMILES string of the molecule is CCOC(C)CNS(=O)(=O)c1ccc(CO)cn1. The third-order valence-electron chi connectivity index (χ3n) is 2.27. The van der Waals surface area contributed by atoms with Crippen LogP contribution in [0, 0.1) is 0 Å². The van der Waals surface area contributed by atoms with Gasteiger partial charge in [0.1, 0.15) is 0 Å². The van der Waals surface area contributed by atoms with Crippen molar-refractivity contribution in [2.45, 2.75) is 31.6 Å². The topological polar surface area (TPSA) is 88.5 Å². The van der Waals surface area contributed by atoms with Crippen LogP contribution in [-0.4, -0.2) is 37.8 Å². The predicted molar refractivity (Wildman–Crippen MR) is 66.4 cm³/mol. The van der Waals surface area contributed by atoms with Crippen molar-refractivity contribution in [1.82, 2.24) is 9.71 Å². The highest BCUT2D eigenvalue weighted by atomic mass is 32.2. The number of aliphatic hydroxyl groups is 1. The molecule has 1 aromatic heterocycles. The molecule has 0 aliphatic heterocycles. The molecule has 1 unspecified atom stereocenters. The summed E-state index contributed by atoms with van der Waals surface area (Å²) in [6.45, 7) is 4.20. The van der Waals surface area contributed by atoms with Gasteiger partial charge in [0.15, 0.2) is 5.03 Å². The molecule has 0 amide bonds. The molecule has 7 heteroatoms. The number of hydrogen-bond donors (Lipinski definition) is 2. The van der Waals surface area contributed by atoms with Crippen LogP contribution >= 0.6 is 0 Å². The van der Waals surface area contributed by atoms with Gasteiger partial charge in [-0.3, -0.25) is 0 Å². The number of pyridine rings is 1. The molecule has 2 N–H and O–H groups in total. The van der Waals surface area contributed by atoms with Crippen LogP contribution in [0.15, 0.2) is 23.4 Å². The fourth-order valence-electron chi connectivity index (χ4n) is 1.31. The quantitative estimate of drug-likeness (QED) is 0.745. The molecule has 1 rings (SSSR count). The van der Waals surface area contributed by atoms with Gasteiger partial charge in [0.05, 0.1) is 12.7 Å². The average Bonchev–Trinajstić information content (AvgIpc) is 2.37. The van der Waals surface area contributed by atoms with Gasteiger partial charge in [0.25, 0.3) is 10.0 Å². The normalized spacial score (nSPS) is 13.5. The van der Waals surface area contributed by atoms with E-state index in [9.17, 15) is 8.42 Å². The van der Waals surface area contributed by atoms with Crippen molar-refractivity contribution in [1.29, 1.82) is 0 Å². The minimum Gasteiger partial charge on any atom is -0.392 e. The first-order valence-electron chi connectivity index (χ1n) is 5.66. The molecule has 1 aromatic rings. The summed E-state index contributed by atoms with van der Waals surface area (Å²) in [7, 11) is -3.62. The zero-order valence-corrected chi connectivity index (χ0v) is 11.3. The Bertz CT molecular complexity index is 458. The third-order valence-corrected chi connectivity index (χ3v) is 3.61. The van der Waals surface area contributed by atoms with Gasteiger partial charge in [-0.25, -0.2) is 18.1 Å². The van der Waals surface area contributed by atoms with E-state index >= 15 is 0 Å². The lowest BCUT2D eigenvalue weighted by Crippen LogP contribution is -2.32. The van der Waals surface area contributed by atoms with Crippen molar-refractivity contribution < 1.29 is 18.3 Å². The van der Waals surface area contributed by atoms with Crippen LogP contribution in [0.3, 0.4) is 0 Å². The lowest BCUT2D eigenvalue weighted by Gasteiger charge is -2.12. The van der Waals surface area contributed by atoms with E-state index in [2.05, 4.69) is 9.71 Å². The molecule has 0 aliphatic rings. The number of nitrogens with one attached hydrogen (secondary N) is 1. The fraction of sp³-hybridized carbons (Fsp3) is 0.545. The van der Waals surface area contributed by atoms with E-state index in [1.165, 1.54) is 18.3 Å². The van der Waals surface area contributed by atoms with E-state index in [1.807, 2.05) is 6.92 Å². The maximum Gasteiger partial charge on any atom is 0.258 e. The van der Waals surface area contributed by atoms with E-state index in [1.54, 1.807) is 6.92 Å². The third kappa shape index (κ3) is 4.34. The largest absolute Gasteiger partial charge is 0.392 e. The second-order valence-corrected chi connectivity index (χ2v) is 5.49. The Morgan fingerprint density at radius 3 is 2.72 bits per heavy atom. The summed E-state index contributed by atoms with van der Waals surface area (Å²) in [5, 5.41) is 8.78. The molecule has 0 saturated heterocycles. The molecule has 0 aliphatic carbocycles. The number of rotatable bonds is 7. The van der Waals surface area contributed by atoms with E-state index < -0.39 is 10.0 Å². The van der Waals surface area contributed by atoms with Gasteiger partial charge in [0.2, 0.25) is 0 Å². The Morgan fingerprint density at radius 1 is 1.50 bits per heavy atom. The van der Waals surface area contributed by atoms with Crippen LogP contribution in [0.1, 0.15) is 19.4 Å². The molecule has 6 nitrogen and oxygen atoms in total. The Hall–Kier alpha value is -1.02. The molecular weight excluding hydrogens is 256 g/mol. The smallest absolute Gasteiger partial charge is 0.258 e. The molecule has 0 spiro atoms. The summed E-state index contributed by atoms with van der Waals surface area (Å²) >= 11 is 0. The zero-order valence-electron chi connectivity index (χ0n) is 10.5. The van der Waals surface area contributed by atoms with Crippen molar-refractivity contribution in [3.05, 3.63) is 23.9 Å². The average molecular weight is 274 g/mol. The summed E-state index contributed by atoms with van der Waals surface area (Å²) in [6, 6.07) is 2.88. The van der Waals surface area contributed by atoms with Crippen LogP contribution in [-0.2, 0) is 21.4 Å². The van der Waals surface area contributed by atoms with Gasteiger partial charge in [-0.15, -0.1) is 0 Å². The first-order chi connectivity index (χ1) is 8.49. The molecule has 102 valence electrons. The zero-order chi connectivity index (χ0) is 13.6. The van der Waals surface area contributed by atoms with E-state index in [0.717, 1.165) is 0 Å². The van der Waals surface area contributed by atoms with Crippen LogP contribution in [0.5, 0.6) is 0 Å². The van der Waals surface area contributed by atoms with Crippen LogP contribution in [0.25, 0.3) is 0 Å². The lowest BCUT2D eigenvalue weighted by molar-refractivity contribution is 0.0799. The molecule has 0 fully saturated rings. The van der Waals surface area contributed by atoms with Gasteiger partial charge < -0.3 is 9.84 Å². The number of aliphatic hydroxyl groups excluding tert-OH is 1. The second-order valence-electron chi connectivity index (χ2n) is 3.78. The van der Waals surface area contributed by atoms with Crippen LogP contribution in [0.2, 0.25) is 0 Å². The first-order valence-corrected chi connectivity index (χ1v) is 7.15. The monoisotopic (exact) mass is 274 g/mol. The van der Waals surface area contributed by atoms with Gasteiger partial charge in [-0.1, -0.05) is 6.07 Å². The van der Waals surface area contributed by atoms with Crippen molar-refractivity contribution in [3.63, 3.8) is 0 Å². The Morgan fingerprint density at radius 2 is 2.22 bits per heavy atom. The number of sulfonamides is 1. The van der Waals surface area contributed by atoms with E-state index in [4.69, 9.17) is 9.84 Å². The lowest BCUT2D eigenvalue weighted by atomic mass is 10.3. The molecular formula is C11H18N2O4S. The standard InChI is InChI=1S/C11H18N2O4S/c1-3-17-9(2)6-13-18(15,16)11-5-4-10(8-14)7-12-11/h4-5,7,9,13-14H,3,6,8H2,1-2H3. The van der Waals surface area contributed by atoms with Crippen molar-refractivity contribution >= 4 is 10.0 Å². The van der Waals surface area contributed by atoms with E-state index in [0.29, 0.717) is 12.2 Å². The fourth-order valence-corrected chi connectivity index (χ4v) is 2.35. The summed E-state index contributed by atoms with van der Waals surface area (Å²) in [5.74, 6) is 0. The van der Waals surface area contributed by atoms with E-state index in [-0.39, 0.29) is 24.3 Å². The summed E-state index contributed by atoms with van der Waals surface area (Å²) < 4.78 is 31.3. The molecule has 0 radical (unpaired) electrons. The van der Waals surface area contributed by atoms with Crippen molar-refractivity contribution in [2.24, 2.45) is 0 Å². The Balaban J connectivity index is 2.67.